The highest BCUT2D eigenvalue weighted by atomic mass is 32.1. The van der Waals surface area contributed by atoms with Crippen LogP contribution in [0.3, 0.4) is 0 Å². The SMILES string of the molecule is C/C=C\C(=N/N(C)C=O)c1nnc(N2CCC(Cc3cc(F)cc(F)c3)CC2)s1. The molecule has 2 aromatic rings. The monoisotopic (exact) mass is 419 g/mol. The first kappa shape index (κ1) is 21.0. The lowest BCUT2D eigenvalue weighted by molar-refractivity contribution is -0.117. The number of rotatable bonds is 7. The van der Waals surface area contributed by atoms with E-state index in [1.807, 2.05) is 13.0 Å². The summed E-state index contributed by atoms with van der Waals surface area (Å²) in [5.41, 5.74) is 1.28. The molecule has 0 atom stereocenters. The molecular formula is C20H23F2N5OS. The normalized spacial score (nSPS) is 15.9. The molecule has 0 bridgehead atoms. The topological polar surface area (TPSA) is 61.7 Å². The molecule has 1 saturated heterocycles. The summed E-state index contributed by atoms with van der Waals surface area (Å²) in [6.07, 6.45) is 6.74. The number of hydrogen-bond donors (Lipinski definition) is 0. The Morgan fingerprint density at radius 2 is 1.97 bits per heavy atom. The molecule has 154 valence electrons. The van der Waals surface area contributed by atoms with E-state index in [-0.39, 0.29) is 0 Å². The minimum Gasteiger partial charge on any atom is -0.347 e. The Kier molecular flexibility index (Phi) is 7.03. The number of piperidine rings is 1. The summed E-state index contributed by atoms with van der Waals surface area (Å²) < 4.78 is 26.8. The molecule has 0 aliphatic carbocycles. The Bertz CT molecular complexity index is 886. The minimum atomic E-state index is -0.530. The van der Waals surface area contributed by atoms with Crippen molar-refractivity contribution in [3.05, 3.63) is 52.6 Å². The Labute approximate surface area is 172 Å². The van der Waals surface area contributed by atoms with Crippen molar-refractivity contribution in [3.63, 3.8) is 0 Å². The van der Waals surface area contributed by atoms with Gasteiger partial charge in [0.2, 0.25) is 11.5 Å². The third-order valence-corrected chi connectivity index (χ3v) is 5.71. The highest BCUT2D eigenvalue weighted by molar-refractivity contribution is 7.17. The molecule has 1 aliphatic rings. The van der Waals surface area contributed by atoms with E-state index in [0.29, 0.717) is 35.0 Å². The number of anilines is 1. The van der Waals surface area contributed by atoms with E-state index in [1.54, 1.807) is 13.1 Å². The number of amides is 1. The van der Waals surface area contributed by atoms with Gasteiger partial charge in [0, 0.05) is 26.2 Å². The van der Waals surface area contributed by atoms with Crippen molar-refractivity contribution >= 4 is 28.6 Å². The Balaban J connectivity index is 1.62. The molecule has 0 spiro atoms. The maximum Gasteiger partial charge on any atom is 0.229 e. The van der Waals surface area contributed by atoms with Crippen molar-refractivity contribution in [1.29, 1.82) is 0 Å². The van der Waals surface area contributed by atoms with Crippen molar-refractivity contribution in [3.8, 4) is 0 Å². The van der Waals surface area contributed by atoms with Crippen LogP contribution >= 0.6 is 11.3 Å². The highest BCUT2D eigenvalue weighted by Crippen LogP contribution is 2.28. The van der Waals surface area contributed by atoms with Crippen molar-refractivity contribution in [2.45, 2.75) is 26.2 Å². The summed E-state index contributed by atoms with van der Waals surface area (Å²) in [5, 5.41) is 15.4. The van der Waals surface area contributed by atoms with E-state index in [0.717, 1.165) is 37.1 Å². The molecule has 1 fully saturated rings. The lowest BCUT2D eigenvalue weighted by Gasteiger charge is -2.31. The van der Waals surface area contributed by atoms with Crippen LogP contribution in [0.5, 0.6) is 0 Å². The molecule has 2 heterocycles. The number of carbonyl (C=O) groups excluding carboxylic acids is 1. The molecule has 29 heavy (non-hydrogen) atoms. The second-order valence-electron chi connectivity index (χ2n) is 6.97. The van der Waals surface area contributed by atoms with E-state index in [9.17, 15) is 13.6 Å². The van der Waals surface area contributed by atoms with Gasteiger partial charge < -0.3 is 4.90 Å². The van der Waals surface area contributed by atoms with Gasteiger partial charge in [-0.05, 0) is 55.9 Å². The number of aromatic nitrogens is 2. The largest absolute Gasteiger partial charge is 0.347 e. The van der Waals surface area contributed by atoms with Crippen LogP contribution < -0.4 is 4.90 Å². The summed E-state index contributed by atoms with van der Waals surface area (Å²) in [7, 11) is 1.56. The number of nitrogens with zero attached hydrogens (tertiary/aromatic N) is 5. The highest BCUT2D eigenvalue weighted by Gasteiger charge is 2.23. The van der Waals surface area contributed by atoms with E-state index in [1.165, 1.54) is 28.5 Å². The quantitative estimate of drug-likeness (QED) is 0.391. The molecule has 9 heteroatoms. The predicted molar refractivity (Wildman–Crippen MR) is 110 cm³/mol. The van der Waals surface area contributed by atoms with E-state index in [4.69, 9.17) is 0 Å². The lowest BCUT2D eigenvalue weighted by atomic mass is 9.90. The fourth-order valence-electron chi connectivity index (χ4n) is 3.34. The van der Waals surface area contributed by atoms with E-state index in [2.05, 4.69) is 20.2 Å². The van der Waals surface area contributed by atoms with Crippen molar-refractivity contribution < 1.29 is 13.6 Å². The summed E-state index contributed by atoms with van der Waals surface area (Å²) in [4.78, 5) is 13.0. The fraction of sp³-hybridized carbons (Fsp3) is 0.400. The van der Waals surface area contributed by atoms with Crippen molar-refractivity contribution in [2.75, 3.05) is 25.0 Å². The first-order chi connectivity index (χ1) is 14.0. The fourth-order valence-corrected chi connectivity index (χ4v) is 4.20. The average Bonchev–Trinajstić information content (AvgIpc) is 3.17. The van der Waals surface area contributed by atoms with Gasteiger partial charge in [0.25, 0.3) is 0 Å². The number of allylic oxidation sites excluding steroid dienone is 2. The molecule has 0 saturated carbocycles. The number of hydrogen-bond acceptors (Lipinski definition) is 6. The van der Waals surface area contributed by atoms with E-state index < -0.39 is 11.6 Å². The summed E-state index contributed by atoms with van der Waals surface area (Å²) in [6, 6.07) is 3.72. The van der Waals surface area contributed by atoms with Gasteiger partial charge in [0.15, 0.2) is 5.01 Å². The first-order valence-electron chi connectivity index (χ1n) is 9.41. The standard InChI is InChI=1S/C20H23F2N5OS/c1-3-4-18(25-26(2)13-28)19-23-24-20(29-19)27-7-5-14(6-8-27)9-15-10-16(21)12-17(22)11-15/h3-4,10-14H,5-9H2,1-2H3/b4-3-,25-18+. The van der Waals surface area contributed by atoms with E-state index >= 15 is 0 Å². The van der Waals surface area contributed by atoms with Crippen LogP contribution in [-0.2, 0) is 11.2 Å². The molecule has 0 radical (unpaired) electrons. The minimum absolute atomic E-state index is 0.376. The average molecular weight is 420 g/mol. The molecule has 1 aromatic heterocycles. The second-order valence-corrected chi connectivity index (χ2v) is 7.92. The Morgan fingerprint density at radius 3 is 2.59 bits per heavy atom. The number of halogens is 2. The smallest absolute Gasteiger partial charge is 0.229 e. The van der Waals surface area contributed by atoms with Crippen LogP contribution in [0.25, 0.3) is 0 Å². The molecule has 6 nitrogen and oxygen atoms in total. The zero-order chi connectivity index (χ0) is 20.8. The van der Waals surface area contributed by atoms with Crippen molar-refractivity contribution in [1.82, 2.24) is 15.2 Å². The zero-order valence-corrected chi connectivity index (χ0v) is 17.2. The number of carbonyl (C=O) groups is 1. The van der Waals surface area contributed by atoms with Gasteiger partial charge in [-0.15, -0.1) is 10.2 Å². The van der Waals surface area contributed by atoms with Gasteiger partial charge in [-0.25, -0.2) is 13.8 Å². The van der Waals surface area contributed by atoms with Crippen LogP contribution in [0.2, 0.25) is 0 Å². The first-order valence-corrected chi connectivity index (χ1v) is 10.2. The Hall–Kier alpha value is -2.68. The molecule has 3 rings (SSSR count). The maximum atomic E-state index is 13.4. The van der Waals surface area contributed by atoms with Gasteiger partial charge in [-0.3, -0.25) is 4.79 Å². The molecule has 1 aliphatic heterocycles. The van der Waals surface area contributed by atoms with Gasteiger partial charge in [-0.2, -0.15) is 5.10 Å². The predicted octanol–water partition coefficient (Wildman–Crippen LogP) is 3.64. The molecule has 0 unspecified atom stereocenters. The molecule has 1 amide bonds. The molecule has 1 aromatic carbocycles. The summed E-state index contributed by atoms with van der Waals surface area (Å²) in [6.45, 7) is 3.48. The summed E-state index contributed by atoms with van der Waals surface area (Å²) in [5.74, 6) is -0.684. The van der Waals surface area contributed by atoms with Crippen LogP contribution in [0.1, 0.15) is 30.3 Å². The molecule has 0 N–H and O–H groups in total. The number of benzene rings is 1. The zero-order valence-electron chi connectivity index (χ0n) is 16.4. The second kappa shape index (κ2) is 9.69. The van der Waals surface area contributed by atoms with Crippen LogP contribution in [-0.4, -0.2) is 47.5 Å². The van der Waals surface area contributed by atoms with Gasteiger partial charge >= 0.3 is 0 Å². The third kappa shape index (κ3) is 5.66. The number of hydrazone groups is 1. The van der Waals surface area contributed by atoms with Crippen LogP contribution in [0.4, 0.5) is 13.9 Å². The maximum absolute atomic E-state index is 13.4. The molecular weight excluding hydrogens is 396 g/mol. The lowest BCUT2D eigenvalue weighted by Crippen LogP contribution is -2.34. The van der Waals surface area contributed by atoms with Crippen molar-refractivity contribution in [2.24, 2.45) is 11.0 Å². The van der Waals surface area contributed by atoms with Crippen LogP contribution in [0.15, 0.2) is 35.5 Å². The summed E-state index contributed by atoms with van der Waals surface area (Å²) >= 11 is 1.43. The van der Waals surface area contributed by atoms with Crippen LogP contribution in [0, 0.1) is 17.6 Å². The van der Waals surface area contributed by atoms with Gasteiger partial charge in [-0.1, -0.05) is 17.4 Å². The van der Waals surface area contributed by atoms with Gasteiger partial charge in [0.1, 0.15) is 17.3 Å². The third-order valence-electron chi connectivity index (χ3n) is 4.71. The Morgan fingerprint density at radius 1 is 1.28 bits per heavy atom. The van der Waals surface area contributed by atoms with Gasteiger partial charge in [0.05, 0.1) is 0 Å².